The van der Waals surface area contributed by atoms with Crippen LogP contribution in [0.2, 0.25) is 0 Å². The first kappa shape index (κ1) is 20.8. The van der Waals surface area contributed by atoms with Crippen molar-refractivity contribution in [3.05, 3.63) is 71.2 Å². The summed E-state index contributed by atoms with van der Waals surface area (Å²) in [4.78, 5) is 12.9. The number of amides is 1. The molecule has 0 atom stereocenters. The van der Waals surface area contributed by atoms with E-state index >= 15 is 0 Å². The van der Waals surface area contributed by atoms with Gasteiger partial charge in [0.25, 0.3) is 5.91 Å². The monoisotopic (exact) mass is 393 g/mol. The van der Waals surface area contributed by atoms with Gasteiger partial charge in [-0.05, 0) is 62.2 Å². The second-order valence-corrected chi connectivity index (χ2v) is 7.44. The molecule has 0 fully saturated rings. The summed E-state index contributed by atoms with van der Waals surface area (Å²) in [7, 11) is 0. The Labute approximate surface area is 171 Å². The fraction of sp³-hybridized carbons (Fsp3) is 0.333. The van der Waals surface area contributed by atoms with Gasteiger partial charge < -0.3 is 5.32 Å². The smallest absolute Gasteiger partial charge is 0.270 e. The molecular weight excluding hydrogens is 365 g/mol. The number of halogens is 1. The molecule has 0 unspecified atom stereocenters. The molecule has 0 spiro atoms. The number of carbonyl (C=O) groups excluding carboxylic acids is 1. The van der Waals surface area contributed by atoms with E-state index in [2.05, 4.69) is 23.4 Å². The summed E-state index contributed by atoms with van der Waals surface area (Å²) in [6.07, 6.45) is 4.40. The molecule has 0 saturated heterocycles. The lowest BCUT2D eigenvalue weighted by Gasteiger charge is -2.11. The fourth-order valence-electron chi connectivity index (χ4n) is 3.38. The van der Waals surface area contributed by atoms with E-state index in [1.54, 1.807) is 22.9 Å². The number of unbranched alkanes of at least 4 members (excludes halogenated alkanes) is 3. The molecule has 3 rings (SSSR count). The van der Waals surface area contributed by atoms with Gasteiger partial charge in [-0.1, -0.05) is 43.9 Å². The fourth-order valence-corrected chi connectivity index (χ4v) is 3.38. The molecule has 2 aromatic carbocycles. The van der Waals surface area contributed by atoms with Gasteiger partial charge in [0.1, 0.15) is 11.5 Å². The predicted octanol–water partition coefficient (Wildman–Crippen LogP) is 5.61. The van der Waals surface area contributed by atoms with Crippen LogP contribution in [-0.2, 0) is 0 Å². The van der Waals surface area contributed by atoms with E-state index in [1.807, 2.05) is 26.0 Å². The number of carbonyl (C=O) groups is 1. The Bertz CT molecular complexity index is 976. The van der Waals surface area contributed by atoms with Crippen LogP contribution in [0.5, 0.6) is 0 Å². The van der Waals surface area contributed by atoms with Gasteiger partial charge in [0.2, 0.25) is 0 Å². The minimum Gasteiger partial charge on any atom is -0.351 e. The van der Waals surface area contributed by atoms with Gasteiger partial charge in [0.05, 0.1) is 11.4 Å². The number of nitrogens with zero attached hydrogens (tertiary/aromatic N) is 2. The Morgan fingerprint density at radius 3 is 2.48 bits per heavy atom. The molecule has 29 heavy (non-hydrogen) atoms. The molecule has 0 saturated carbocycles. The molecule has 3 aromatic rings. The molecule has 0 radical (unpaired) electrons. The first-order valence-electron chi connectivity index (χ1n) is 10.2. The van der Waals surface area contributed by atoms with Crippen LogP contribution >= 0.6 is 0 Å². The van der Waals surface area contributed by atoms with Crippen molar-refractivity contribution in [3.63, 3.8) is 0 Å². The van der Waals surface area contributed by atoms with Crippen LogP contribution in [0.3, 0.4) is 0 Å². The molecule has 5 heteroatoms. The molecule has 1 aromatic heterocycles. The summed E-state index contributed by atoms with van der Waals surface area (Å²) < 4.78 is 15.0. The average molecular weight is 394 g/mol. The number of hydrogen-bond donors (Lipinski definition) is 1. The third kappa shape index (κ3) is 5.11. The number of nitrogens with one attached hydrogen (secondary N) is 1. The van der Waals surface area contributed by atoms with Gasteiger partial charge >= 0.3 is 0 Å². The van der Waals surface area contributed by atoms with Gasteiger partial charge in [-0.3, -0.25) is 4.79 Å². The second kappa shape index (κ2) is 9.50. The highest BCUT2D eigenvalue weighted by Gasteiger charge is 2.18. The first-order valence-corrected chi connectivity index (χ1v) is 10.2. The largest absolute Gasteiger partial charge is 0.351 e. The van der Waals surface area contributed by atoms with E-state index in [0.29, 0.717) is 17.9 Å². The van der Waals surface area contributed by atoms with Gasteiger partial charge in [0, 0.05) is 12.1 Å². The molecular formula is C24H28FN3O. The van der Waals surface area contributed by atoms with Crippen molar-refractivity contribution < 1.29 is 9.18 Å². The third-order valence-electron chi connectivity index (χ3n) is 4.98. The van der Waals surface area contributed by atoms with Crippen LogP contribution in [0.25, 0.3) is 16.9 Å². The van der Waals surface area contributed by atoms with Crippen LogP contribution in [0, 0.1) is 19.7 Å². The van der Waals surface area contributed by atoms with Crippen molar-refractivity contribution in [2.45, 2.75) is 46.5 Å². The average Bonchev–Trinajstić information content (AvgIpc) is 3.13. The molecule has 152 valence electrons. The van der Waals surface area contributed by atoms with Crippen molar-refractivity contribution in [3.8, 4) is 16.9 Å². The van der Waals surface area contributed by atoms with Gasteiger partial charge in [-0.2, -0.15) is 5.10 Å². The number of hydrogen-bond acceptors (Lipinski definition) is 2. The molecule has 1 amide bonds. The summed E-state index contributed by atoms with van der Waals surface area (Å²) >= 11 is 0. The number of benzene rings is 2. The minimum absolute atomic E-state index is 0.151. The zero-order valence-corrected chi connectivity index (χ0v) is 17.3. The molecule has 1 heterocycles. The maximum atomic E-state index is 13.3. The van der Waals surface area contributed by atoms with Crippen LogP contribution in [0.4, 0.5) is 4.39 Å². The first-order chi connectivity index (χ1) is 14.0. The molecule has 4 nitrogen and oxygen atoms in total. The molecule has 0 aliphatic carbocycles. The van der Waals surface area contributed by atoms with Crippen LogP contribution < -0.4 is 5.32 Å². The Morgan fingerprint density at radius 1 is 1.03 bits per heavy atom. The van der Waals surface area contributed by atoms with Crippen molar-refractivity contribution in [1.29, 1.82) is 0 Å². The summed E-state index contributed by atoms with van der Waals surface area (Å²) in [6, 6.07) is 14.0. The Balaban J connectivity index is 1.94. The van der Waals surface area contributed by atoms with E-state index in [4.69, 9.17) is 0 Å². The lowest BCUT2D eigenvalue weighted by atomic mass is 10.1. The Morgan fingerprint density at radius 2 is 1.79 bits per heavy atom. The quantitative estimate of drug-likeness (QED) is 0.506. The lowest BCUT2D eigenvalue weighted by molar-refractivity contribution is 0.0945. The van der Waals surface area contributed by atoms with Crippen molar-refractivity contribution >= 4 is 5.91 Å². The van der Waals surface area contributed by atoms with E-state index in [9.17, 15) is 9.18 Å². The summed E-state index contributed by atoms with van der Waals surface area (Å²) in [5.74, 6) is -0.449. The van der Waals surface area contributed by atoms with Crippen LogP contribution in [-0.4, -0.2) is 22.2 Å². The van der Waals surface area contributed by atoms with Gasteiger partial charge in [-0.15, -0.1) is 0 Å². The molecule has 0 aliphatic rings. The summed E-state index contributed by atoms with van der Waals surface area (Å²) in [6.45, 7) is 6.85. The zero-order chi connectivity index (χ0) is 20.8. The second-order valence-electron chi connectivity index (χ2n) is 7.44. The lowest BCUT2D eigenvalue weighted by Crippen LogP contribution is -2.27. The van der Waals surface area contributed by atoms with Gasteiger partial charge in [0.15, 0.2) is 0 Å². The highest BCUT2D eigenvalue weighted by molar-refractivity contribution is 5.94. The summed E-state index contributed by atoms with van der Waals surface area (Å²) in [5.41, 5.74) is 4.94. The van der Waals surface area contributed by atoms with Crippen LogP contribution in [0.1, 0.15) is 54.2 Å². The highest BCUT2D eigenvalue weighted by atomic mass is 19.1. The molecule has 0 aliphatic heterocycles. The maximum Gasteiger partial charge on any atom is 0.270 e. The zero-order valence-electron chi connectivity index (χ0n) is 17.3. The molecule has 1 N–H and O–H groups in total. The van der Waals surface area contributed by atoms with Crippen molar-refractivity contribution in [1.82, 2.24) is 15.1 Å². The predicted molar refractivity (Wildman–Crippen MR) is 115 cm³/mol. The topological polar surface area (TPSA) is 46.9 Å². The van der Waals surface area contributed by atoms with Crippen LogP contribution in [0.15, 0.2) is 48.5 Å². The highest BCUT2D eigenvalue weighted by Crippen LogP contribution is 2.24. The molecule has 0 bridgehead atoms. The Kier molecular flexibility index (Phi) is 6.81. The number of rotatable bonds is 8. The normalized spacial score (nSPS) is 10.9. The maximum absolute atomic E-state index is 13.3. The number of aromatic nitrogens is 2. The standard InChI is InChI=1S/C24H28FN3O/c1-4-5-6-7-14-26-24(29)23-16-21(19-9-11-20(25)12-10-19)27-28(23)22-13-8-17(2)15-18(22)3/h8-13,15-16H,4-7,14H2,1-3H3,(H,26,29). The SMILES string of the molecule is CCCCCCNC(=O)c1cc(-c2ccc(F)cc2)nn1-c1ccc(C)cc1C. The van der Waals surface area contributed by atoms with Crippen molar-refractivity contribution in [2.24, 2.45) is 0 Å². The van der Waals surface area contributed by atoms with Gasteiger partial charge in [-0.25, -0.2) is 9.07 Å². The Hall–Kier alpha value is -2.95. The third-order valence-corrected chi connectivity index (χ3v) is 4.98. The number of aryl methyl sites for hydroxylation is 2. The van der Waals surface area contributed by atoms with E-state index < -0.39 is 0 Å². The van der Waals surface area contributed by atoms with E-state index in [0.717, 1.165) is 41.6 Å². The minimum atomic E-state index is -0.299. The summed E-state index contributed by atoms with van der Waals surface area (Å²) in [5, 5.41) is 7.70. The van der Waals surface area contributed by atoms with E-state index in [-0.39, 0.29) is 11.7 Å². The van der Waals surface area contributed by atoms with Crippen molar-refractivity contribution in [2.75, 3.05) is 6.54 Å². The van der Waals surface area contributed by atoms with E-state index in [1.165, 1.54) is 18.6 Å².